The molecule has 0 aromatic heterocycles. The molecule has 0 aliphatic rings. The van der Waals surface area contributed by atoms with Gasteiger partial charge in [-0.15, -0.1) is 6.42 Å². The van der Waals surface area contributed by atoms with E-state index in [9.17, 15) is 16.8 Å². The average molecular weight is 267 g/mol. The number of sulfone groups is 1. The molecule has 94 valence electrons. The van der Waals surface area contributed by atoms with E-state index in [2.05, 4.69) is 5.92 Å². The highest BCUT2D eigenvalue weighted by Crippen LogP contribution is 2.03. The van der Waals surface area contributed by atoms with E-state index in [1.54, 1.807) is 0 Å². The van der Waals surface area contributed by atoms with Gasteiger partial charge in [0.25, 0.3) is 0 Å². The van der Waals surface area contributed by atoms with Crippen LogP contribution in [0.4, 0.5) is 0 Å². The summed E-state index contributed by atoms with van der Waals surface area (Å²) in [6, 6.07) is 0. The van der Waals surface area contributed by atoms with Gasteiger partial charge in [0.15, 0.2) is 0 Å². The summed E-state index contributed by atoms with van der Waals surface area (Å²) in [4.78, 5) is 0. The first-order valence-electron chi connectivity index (χ1n) is 4.82. The fourth-order valence-electron chi connectivity index (χ4n) is 1.05. The van der Waals surface area contributed by atoms with Crippen LogP contribution in [0.1, 0.15) is 13.3 Å². The molecule has 0 amide bonds. The highest BCUT2D eigenvalue weighted by Gasteiger charge is 2.21. The Labute approximate surface area is 97.8 Å². The van der Waals surface area contributed by atoms with Crippen molar-refractivity contribution in [1.82, 2.24) is 4.31 Å². The minimum absolute atomic E-state index is 0.0140. The molecule has 0 heterocycles. The molecule has 0 bridgehead atoms. The molecule has 0 atom stereocenters. The van der Waals surface area contributed by atoms with Gasteiger partial charge < -0.3 is 0 Å². The largest absolute Gasteiger partial charge is 0.229 e. The van der Waals surface area contributed by atoms with Gasteiger partial charge in [-0.05, 0) is 6.42 Å². The fourth-order valence-corrected chi connectivity index (χ4v) is 4.10. The SMILES string of the molecule is C#CCN(CCC)S(=O)(=O)CCS(C)(=O)=O. The third-order valence-electron chi connectivity index (χ3n) is 1.85. The summed E-state index contributed by atoms with van der Waals surface area (Å²) in [7, 11) is -6.85. The van der Waals surface area contributed by atoms with Crippen molar-refractivity contribution in [2.24, 2.45) is 0 Å². The van der Waals surface area contributed by atoms with E-state index in [1.165, 1.54) is 0 Å². The molecule has 0 radical (unpaired) electrons. The Balaban J connectivity index is 4.68. The van der Waals surface area contributed by atoms with Crippen molar-refractivity contribution >= 4 is 19.9 Å². The summed E-state index contributed by atoms with van der Waals surface area (Å²) < 4.78 is 46.4. The van der Waals surface area contributed by atoms with Crippen molar-refractivity contribution in [1.29, 1.82) is 0 Å². The monoisotopic (exact) mass is 267 g/mol. The van der Waals surface area contributed by atoms with E-state index < -0.39 is 25.6 Å². The van der Waals surface area contributed by atoms with Crippen LogP contribution in [0.25, 0.3) is 0 Å². The molecular weight excluding hydrogens is 250 g/mol. The molecule has 0 aromatic rings. The number of sulfonamides is 1. The van der Waals surface area contributed by atoms with Crippen LogP contribution in [0.15, 0.2) is 0 Å². The van der Waals surface area contributed by atoms with Gasteiger partial charge >= 0.3 is 0 Å². The summed E-state index contributed by atoms with van der Waals surface area (Å²) in [6.45, 7) is 2.13. The standard InChI is InChI=1S/C9H17NO4S2/c1-4-6-10(7-5-2)16(13,14)9-8-15(3,11)12/h1H,5-9H2,2-3H3. The van der Waals surface area contributed by atoms with E-state index in [4.69, 9.17) is 6.42 Å². The smallest absolute Gasteiger partial charge is 0.215 e. The Kier molecular flexibility index (Phi) is 6.00. The molecule has 0 rings (SSSR count). The molecule has 0 aliphatic carbocycles. The fraction of sp³-hybridized carbons (Fsp3) is 0.778. The van der Waals surface area contributed by atoms with Crippen molar-refractivity contribution in [3.05, 3.63) is 0 Å². The molecule has 0 saturated carbocycles. The lowest BCUT2D eigenvalue weighted by Crippen LogP contribution is -2.35. The van der Waals surface area contributed by atoms with E-state index in [0.717, 1.165) is 10.6 Å². The molecule has 0 saturated heterocycles. The lowest BCUT2D eigenvalue weighted by atomic mass is 10.5. The van der Waals surface area contributed by atoms with Gasteiger partial charge in [-0.1, -0.05) is 12.8 Å². The third-order valence-corrected chi connectivity index (χ3v) is 4.87. The zero-order chi connectivity index (χ0) is 12.8. The third kappa shape index (κ3) is 6.10. The van der Waals surface area contributed by atoms with Crippen LogP contribution in [-0.2, 0) is 19.9 Å². The van der Waals surface area contributed by atoms with E-state index >= 15 is 0 Å². The molecular formula is C9H17NO4S2. The zero-order valence-corrected chi connectivity index (χ0v) is 11.1. The van der Waals surface area contributed by atoms with Crippen molar-refractivity contribution in [2.45, 2.75) is 13.3 Å². The Morgan fingerprint density at radius 2 is 1.75 bits per heavy atom. The number of nitrogens with zero attached hydrogens (tertiary/aromatic N) is 1. The predicted molar refractivity (Wildman–Crippen MR) is 64.2 cm³/mol. The van der Waals surface area contributed by atoms with Gasteiger partial charge in [0.05, 0.1) is 18.1 Å². The Bertz CT molecular complexity index is 444. The van der Waals surface area contributed by atoms with Crippen molar-refractivity contribution in [2.75, 3.05) is 30.9 Å². The zero-order valence-electron chi connectivity index (χ0n) is 9.51. The maximum Gasteiger partial charge on any atom is 0.215 e. The van der Waals surface area contributed by atoms with Gasteiger partial charge in [-0.3, -0.25) is 0 Å². The van der Waals surface area contributed by atoms with Gasteiger partial charge in [-0.25, -0.2) is 16.8 Å². The van der Waals surface area contributed by atoms with Crippen LogP contribution < -0.4 is 0 Å². The van der Waals surface area contributed by atoms with Gasteiger partial charge in [0.1, 0.15) is 9.84 Å². The topological polar surface area (TPSA) is 71.5 Å². The van der Waals surface area contributed by atoms with E-state index in [0.29, 0.717) is 13.0 Å². The van der Waals surface area contributed by atoms with E-state index in [1.807, 2.05) is 6.92 Å². The molecule has 0 aliphatic heterocycles. The molecule has 0 aromatic carbocycles. The lowest BCUT2D eigenvalue weighted by Gasteiger charge is -2.18. The van der Waals surface area contributed by atoms with Crippen LogP contribution >= 0.6 is 0 Å². The second-order valence-electron chi connectivity index (χ2n) is 3.48. The van der Waals surface area contributed by atoms with E-state index in [-0.39, 0.29) is 12.3 Å². The van der Waals surface area contributed by atoms with Crippen LogP contribution in [0.2, 0.25) is 0 Å². The highest BCUT2D eigenvalue weighted by molar-refractivity contribution is 7.93. The summed E-state index contributed by atoms with van der Waals surface area (Å²) in [6.07, 6.45) is 6.71. The number of terminal acetylenes is 1. The minimum atomic E-state index is -3.57. The molecule has 7 heteroatoms. The summed E-state index contributed by atoms with van der Waals surface area (Å²) >= 11 is 0. The van der Waals surface area contributed by atoms with Crippen molar-refractivity contribution in [3.8, 4) is 12.3 Å². The van der Waals surface area contributed by atoms with Crippen LogP contribution in [0.3, 0.4) is 0 Å². The number of hydrogen-bond acceptors (Lipinski definition) is 4. The van der Waals surface area contributed by atoms with Crippen LogP contribution in [0.5, 0.6) is 0 Å². The molecule has 0 unspecified atom stereocenters. The second kappa shape index (κ2) is 6.23. The first kappa shape index (κ1) is 15.4. The van der Waals surface area contributed by atoms with Gasteiger partial charge in [0.2, 0.25) is 10.0 Å². The second-order valence-corrected chi connectivity index (χ2v) is 7.83. The van der Waals surface area contributed by atoms with Crippen molar-refractivity contribution < 1.29 is 16.8 Å². The normalized spacial score (nSPS) is 12.6. The predicted octanol–water partition coefficient (Wildman–Crippen LogP) is -0.294. The maximum absolute atomic E-state index is 11.7. The molecule has 0 N–H and O–H groups in total. The summed E-state index contributed by atoms with van der Waals surface area (Å²) in [5, 5.41) is 0. The Hall–Kier alpha value is -0.580. The Morgan fingerprint density at radius 3 is 2.12 bits per heavy atom. The van der Waals surface area contributed by atoms with Crippen LogP contribution in [-0.4, -0.2) is 52.0 Å². The lowest BCUT2D eigenvalue weighted by molar-refractivity contribution is 0.446. The molecule has 0 spiro atoms. The molecule has 0 fully saturated rings. The molecule has 16 heavy (non-hydrogen) atoms. The van der Waals surface area contributed by atoms with Crippen molar-refractivity contribution in [3.63, 3.8) is 0 Å². The summed E-state index contributed by atoms with van der Waals surface area (Å²) in [5.74, 6) is 1.47. The summed E-state index contributed by atoms with van der Waals surface area (Å²) in [5.41, 5.74) is 0. The Morgan fingerprint density at radius 1 is 1.19 bits per heavy atom. The maximum atomic E-state index is 11.7. The number of hydrogen-bond donors (Lipinski definition) is 0. The average Bonchev–Trinajstić information content (AvgIpc) is 2.14. The molecule has 5 nitrogen and oxygen atoms in total. The number of rotatable bonds is 7. The first-order valence-corrected chi connectivity index (χ1v) is 8.49. The van der Waals surface area contributed by atoms with Gasteiger partial charge in [-0.2, -0.15) is 4.31 Å². The minimum Gasteiger partial charge on any atom is -0.229 e. The first-order chi connectivity index (χ1) is 7.23. The highest BCUT2D eigenvalue weighted by atomic mass is 32.2. The van der Waals surface area contributed by atoms with Gasteiger partial charge in [0, 0.05) is 12.8 Å². The quantitative estimate of drug-likeness (QED) is 0.594. The van der Waals surface area contributed by atoms with Crippen LogP contribution in [0, 0.1) is 12.3 Å².